The molecular weight excluding hydrogens is 606 g/mol. The molecule has 0 saturated carbocycles. The number of nitrogens with one attached hydrogen (secondary N) is 1. The maximum Gasteiger partial charge on any atom is 0.430 e. The second-order valence-corrected chi connectivity index (χ2v) is 11.3. The number of benzene rings is 2. The third-order valence-electron chi connectivity index (χ3n) is 7.38. The van der Waals surface area contributed by atoms with Gasteiger partial charge in [-0.1, -0.05) is 44.9 Å². The fourth-order valence-corrected chi connectivity index (χ4v) is 5.12. The molecule has 2 aromatic rings. The average molecular weight is 645 g/mol. The zero-order valence-electron chi connectivity index (χ0n) is 25.7. The molecule has 45 heavy (non-hydrogen) atoms. The number of carbonyl (C=O) groups is 2. The van der Waals surface area contributed by atoms with Crippen LogP contribution in [0.5, 0.6) is 11.5 Å². The highest BCUT2D eigenvalue weighted by molar-refractivity contribution is 6.07. The van der Waals surface area contributed by atoms with Crippen LogP contribution in [0.15, 0.2) is 48.6 Å². The van der Waals surface area contributed by atoms with Gasteiger partial charge >= 0.3 is 18.4 Å². The predicted octanol–water partition coefficient (Wildman–Crippen LogP) is 7.09. The Morgan fingerprint density at radius 2 is 1.47 bits per heavy atom. The molecule has 1 fully saturated rings. The number of aliphatic hydroxyl groups is 1. The van der Waals surface area contributed by atoms with E-state index in [9.17, 15) is 41.0 Å². The van der Waals surface area contributed by atoms with E-state index in [-0.39, 0.29) is 49.0 Å². The largest absolute Gasteiger partial charge is 0.491 e. The summed E-state index contributed by atoms with van der Waals surface area (Å²) in [5.74, 6) is 0.263. The molecule has 1 unspecified atom stereocenters. The van der Waals surface area contributed by atoms with Crippen LogP contribution >= 0.6 is 0 Å². The van der Waals surface area contributed by atoms with Crippen molar-refractivity contribution in [1.29, 1.82) is 0 Å². The molecule has 1 atom stereocenters. The third kappa shape index (κ3) is 7.40. The Balaban J connectivity index is 1.79. The SMILES string of the molecule is CCCc1cc(C(O)(C(F)(F)F)C(F)(F)F)cc(CCC)c1OCC=CCN1C(=O)NC(C)(c2ccc(OC(C)C)cc2)C1=O. The predicted molar refractivity (Wildman–Crippen MR) is 155 cm³/mol. The lowest BCUT2D eigenvalue weighted by Crippen LogP contribution is -2.54. The molecule has 1 aliphatic heterocycles. The Morgan fingerprint density at radius 3 is 1.93 bits per heavy atom. The second kappa shape index (κ2) is 13.7. The van der Waals surface area contributed by atoms with Crippen molar-refractivity contribution in [1.82, 2.24) is 10.2 Å². The van der Waals surface area contributed by atoms with E-state index in [1.54, 1.807) is 45.0 Å². The van der Waals surface area contributed by atoms with Gasteiger partial charge in [-0.15, -0.1) is 0 Å². The molecule has 0 aromatic heterocycles. The molecule has 248 valence electrons. The summed E-state index contributed by atoms with van der Waals surface area (Å²) in [6, 6.07) is 7.58. The minimum absolute atomic E-state index is 0.0369. The first-order valence-corrected chi connectivity index (χ1v) is 14.6. The molecule has 3 amide bonds. The van der Waals surface area contributed by atoms with Gasteiger partial charge in [-0.3, -0.25) is 9.69 Å². The van der Waals surface area contributed by atoms with Gasteiger partial charge in [0.2, 0.25) is 0 Å². The smallest absolute Gasteiger partial charge is 0.430 e. The number of halogens is 6. The minimum atomic E-state index is -6.01. The topological polar surface area (TPSA) is 88.1 Å². The quantitative estimate of drug-likeness (QED) is 0.138. The van der Waals surface area contributed by atoms with E-state index in [4.69, 9.17) is 9.47 Å². The van der Waals surface area contributed by atoms with Crippen LogP contribution in [0.25, 0.3) is 0 Å². The molecule has 1 saturated heterocycles. The number of hydrogen-bond acceptors (Lipinski definition) is 5. The average Bonchev–Trinajstić information content (AvgIpc) is 3.15. The van der Waals surface area contributed by atoms with Gasteiger partial charge < -0.3 is 19.9 Å². The van der Waals surface area contributed by atoms with Crippen LogP contribution in [0.4, 0.5) is 31.1 Å². The van der Waals surface area contributed by atoms with Crippen molar-refractivity contribution in [3.05, 3.63) is 70.8 Å². The first kappa shape index (κ1) is 35.7. The summed E-state index contributed by atoms with van der Waals surface area (Å²) in [5.41, 5.74) is -6.93. The standard InChI is InChI=1S/C32H38F6N2O5/c1-6-10-21-18-24(30(43,31(33,34)35)32(36,37)38)19-22(11-7-2)26(21)44-17-9-8-16-40-27(41)29(5,39-28(40)42)23-12-14-25(15-13-23)45-20(3)4/h8-9,12-15,18-20,43H,6-7,10-11,16-17H2,1-5H3,(H,39,42). The van der Waals surface area contributed by atoms with Crippen molar-refractivity contribution in [2.24, 2.45) is 0 Å². The molecule has 3 rings (SSSR count). The lowest BCUT2D eigenvalue weighted by Gasteiger charge is -2.33. The van der Waals surface area contributed by atoms with Crippen LogP contribution in [0, 0.1) is 0 Å². The zero-order valence-corrected chi connectivity index (χ0v) is 25.7. The summed E-state index contributed by atoms with van der Waals surface area (Å²) in [6.45, 7) is 8.51. The van der Waals surface area contributed by atoms with E-state index in [0.717, 1.165) is 4.90 Å². The number of imide groups is 1. The van der Waals surface area contributed by atoms with Crippen LogP contribution in [0.3, 0.4) is 0 Å². The van der Waals surface area contributed by atoms with E-state index >= 15 is 0 Å². The number of amides is 3. The fraction of sp³-hybridized carbons (Fsp3) is 0.500. The number of ether oxygens (including phenoxy) is 2. The Hall–Kier alpha value is -3.74. The number of nitrogens with zero attached hydrogens (tertiary/aromatic N) is 1. The molecule has 13 heteroatoms. The fourth-order valence-electron chi connectivity index (χ4n) is 5.12. The van der Waals surface area contributed by atoms with Crippen LogP contribution in [-0.4, -0.2) is 53.6 Å². The van der Waals surface area contributed by atoms with Crippen molar-refractivity contribution in [2.45, 2.75) is 89.9 Å². The Labute approximate surface area is 258 Å². The highest BCUT2D eigenvalue weighted by Crippen LogP contribution is 2.51. The first-order valence-electron chi connectivity index (χ1n) is 14.6. The third-order valence-corrected chi connectivity index (χ3v) is 7.38. The van der Waals surface area contributed by atoms with E-state index in [0.29, 0.717) is 36.3 Å². The van der Waals surface area contributed by atoms with Gasteiger partial charge in [0.1, 0.15) is 23.6 Å². The lowest BCUT2D eigenvalue weighted by atomic mass is 9.87. The van der Waals surface area contributed by atoms with Gasteiger partial charge in [0, 0.05) is 12.1 Å². The molecule has 0 spiro atoms. The van der Waals surface area contributed by atoms with Gasteiger partial charge in [0.25, 0.3) is 11.5 Å². The summed E-state index contributed by atoms with van der Waals surface area (Å²) in [5, 5.41) is 12.7. The van der Waals surface area contributed by atoms with Crippen LogP contribution in [-0.2, 0) is 28.8 Å². The van der Waals surface area contributed by atoms with Gasteiger partial charge in [0.15, 0.2) is 0 Å². The van der Waals surface area contributed by atoms with E-state index in [1.165, 1.54) is 12.2 Å². The Bertz CT molecular complexity index is 1350. The Kier molecular flexibility index (Phi) is 10.9. The first-order chi connectivity index (χ1) is 20.9. The second-order valence-electron chi connectivity index (χ2n) is 11.3. The molecule has 0 bridgehead atoms. The number of alkyl halides is 6. The number of urea groups is 1. The van der Waals surface area contributed by atoms with Crippen molar-refractivity contribution in [3.63, 3.8) is 0 Å². The maximum absolute atomic E-state index is 13.6. The van der Waals surface area contributed by atoms with Gasteiger partial charge in [-0.2, -0.15) is 26.3 Å². The van der Waals surface area contributed by atoms with Crippen molar-refractivity contribution >= 4 is 11.9 Å². The van der Waals surface area contributed by atoms with E-state index in [2.05, 4.69) is 5.32 Å². The van der Waals surface area contributed by atoms with Crippen molar-refractivity contribution in [3.8, 4) is 11.5 Å². The number of rotatable bonds is 13. The highest BCUT2D eigenvalue weighted by Gasteiger charge is 2.71. The van der Waals surface area contributed by atoms with E-state index < -0.39 is 41.0 Å². The normalized spacial score (nSPS) is 17.8. The highest BCUT2D eigenvalue weighted by atomic mass is 19.4. The molecule has 1 heterocycles. The van der Waals surface area contributed by atoms with E-state index in [1.807, 2.05) is 13.8 Å². The molecule has 2 aromatic carbocycles. The molecule has 1 aliphatic rings. The summed E-state index contributed by atoms with van der Waals surface area (Å²) < 4.78 is 93.2. The molecule has 0 radical (unpaired) electrons. The summed E-state index contributed by atoms with van der Waals surface area (Å²) >= 11 is 0. The maximum atomic E-state index is 13.6. The lowest BCUT2D eigenvalue weighted by molar-refractivity contribution is -0.376. The Morgan fingerprint density at radius 1 is 0.933 bits per heavy atom. The minimum Gasteiger partial charge on any atom is -0.491 e. The number of aryl methyl sites for hydroxylation is 2. The van der Waals surface area contributed by atoms with Crippen molar-refractivity contribution in [2.75, 3.05) is 13.2 Å². The number of carbonyl (C=O) groups excluding carboxylic acids is 2. The molecule has 2 N–H and O–H groups in total. The van der Waals surface area contributed by atoms with Crippen LogP contribution in [0.2, 0.25) is 0 Å². The molecule has 7 nitrogen and oxygen atoms in total. The number of hydrogen-bond donors (Lipinski definition) is 2. The summed E-state index contributed by atoms with van der Waals surface area (Å²) in [4.78, 5) is 26.9. The van der Waals surface area contributed by atoms with Gasteiger partial charge in [-0.05, 0) is 80.6 Å². The zero-order chi connectivity index (χ0) is 33.8. The van der Waals surface area contributed by atoms with Gasteiger partial charge in [0.05, 0.1) is 6.10 Å². The summed E-state index contributed by atoms with van der Waals surface area (Å²) in [7, 11) is 0. The molecule has 0 aliphatic carbocycles. The molecular formula is C32H38F6N2O5. The van der Waals surface area contributed by atoms with Crippen LogP contribution in [0.1, 0.15) is 69.7 Å². The van der Waals surface area contributed by atoms with Gasteiger partial charge in [-0.25, -0.2) is 4.79 Å². The van der Waals surface area contributed by atoms with Crippen molar-refractivity contribution < 1.29 is 50.5 Å². The summed E-state index contributed by atoms with van der Waals surface area (Å²) in [6.07, 6.45) is -8.09. The van der Waals surface area contributed by atoms with Crippen LogP contribution < -0.4 is 14.8 Å². The monoisotopic (exact) mass is 644 g/mol.